The molecule has 0 saturated heterocycles. The molecule has 3 nitrogen and oxygen atoms in total. The molecule has 1 rings (SSSR count). The summed E-state index contributed by atoms with van der Waals surface area (Å²) in [6.45, 7) is 3.60. The molecule has 0 bridgehead atoms. The first kappa shape index (κ1) is 10.7. The zero-order valence-corrected chi connectivity index (χ0v) is 8.38. The van der Waals surface area contributed by atoms with E-state index < -0.39 is 5.41 Å². The van der Waals surface area contributed by atoms with E-state index in [2.05, 4.69) is 0 Å². The van der Waals surface area contributed by atoms with Crippen LogP contribution < -0.4 is 0 Å². The number of carbonyl (C=O) groups is 1. The Morgan fingerprint density at radius 2 is 2.36 bits per heavy atom. The molecule has 0 spiro atoms. The van der Waals surface area contributed by atoms with Gasteiger partial charge >= 0.3 is 0 Å². The van der Waals surface area contributed by atoms with Crippen LogP contribution in [0.15, 0.2) is 11.9 Å². The van der Waals surface area contributed by atoms with Gasteiger partial charge in [-0.2, -0.15) is 5.26 Å². The maximum Gasteiger partial charge on any atom is 0.242 e. The third-order valence-electron chi connectivity index (χ3n) is 2.21. The van der Waals surface area contributed by atoms with Crippen LogP contribution in [-0.2, 0) is 4.79 Å². The largest absolute Gasteiger partial charge is 0.334 e. The minimum Gasteiger partial charge on any atom is -0.334 e. The van der Waals surface area contributed by atoms with Crippen molar-refractivity contribution in [3.05, 3.63) is 11.9 Å². The molecule has 0 aromatic rings. The monoisotopic (exact) mass is 196 g/mol. The van der Waals surface area contributed by atoms with Crippen molar-refractivity contribution in [1.82, 2.24) is 4.90 Å². The Morgan fingerprint density at radius 3 is 2.86 bits per heavy atom. The van der Waals surface area contributed by atoms with Crippen molar-refractivity contribution in [2.24, 2.45) is 5.41 Å². The summed E-state index contributed by atoms with van der Waals surface area (Å²) in [6, 6.07) is 1.92. The molecule has 1 amide bonds. The SMILES string of the molecule is CC(C)(C#N)C(=O)N1CCC=C(F)C1. The van der Waals surface area contributed by atoms with E-state index in [9.17, 15) is 9.18 Å². The predicted octanol–water partition coefficient (Wildman–Crippen LogP) is 1.62. The molecule has 0 unspecified atom stereocenters. The molecular weight excluding hydrogens is 183 g/mol. The molecule has 76 valence electrons. The lowest BCUT2D eigenvalue weighted by molar-refractivity contribution is -0.137. The molecule has 0 N–H and O–H groups in total. The van der Waals surface area contributed by atoms with Crippen LogP contribution in [0.4, 0.5) is 4.39 Å². The molecule has 0 aromatic heterocycles. The van der Waals surface area contributed by atoms with Gasteiger partial charge in [-0.25, -0.2) is 4.39 Å². The van der Waals surface area contributed by atoms with Gasteiger partial charge < -0.3 is 4.90 Å². The molecule has 0 aromatic carbocycles. The first-order valence-electron chi connectivity index (χ1n) is 4.52. The van der Waals surface area contributed by atoms with Crippen molar-refractivity contribution >= 4 is 5.91 Å². The third kappa shape index (κ3) is 2.11. The van der Waals surface area contributed by atoms with E-state index in [1.54, 1.807) is 13.8 Å². The van der Waals surface area contributed by atoms with Crippen LogP contribution in [0.1, 0.15) is 20.3 Å². The maximum absolute atomic E-state index is 12.9. The fourth-order valence-corrected chi connectivity index (χ4v) is 1.32. The van der Waals surface area contributed by atoms with Crippen molar-refractivity contribution in [3.8, 4) is 6.07 Å². The molecule has 0 aliphatic carbocycles. The molecule has 1 aliphatic rings. The van der Waals surface area contributed by atoms with Crippen LogP contribution in [-0.4, -0.2) is 23.9 Å². The van der Waals surface area contributed by atoms with Crippen molar-refractivity contribution < 1.29 is 9.18 Å². The molecule has 0 saturated carbocycles. The summed E-state index contributed by atoms with van der Waals surface area (Å²) in [7, 11) is 0. The topological polar surface area (TPSA) is 44.1 Å². The van der Waals surface area contributed by atoms with Crippen LogP contribution in [0.2, 0.25) is 0 Å². The van der Waals surface area contributed by atoms with Gasteiger partial charge in [0, 0.05) is 6.54 Å². The van der Waals surface area contributed by atoms with E-state index in [4.69, 9.17) is 5.26 Å². The summed E-state index contributed by atoms with van der Waals surface area (Å²) >= 11 is 0. The summed E-state index contributed by atoms with van der Waals surface area (Å²) in [6.07, 6.45) is 2.00. The number of rotatable bonds is 1. The Morgan fingerprint density at radius 1 is 1.71 bits per heavy atom. The standard InChI is InChI=1S/C10H13FN2O/c1-10(2,7-12)9(14)13-5-3-4-8(11)6-13/h4H,3,5-6H2,1-2H3. The quantitative estimate of drug-likeness (QED) is 0.639. The Labute approximate surface area is 82.8 Å². The van der Waals surface area contributed by atoms with E-state index in [0.29, 0.717) is 13.0 Å². The summed E-state index contributed by atoms with van der Waals surface area (Å²) in [5, 5.41) is 8.76. The fourth-order valence-electron chi connectivity index (χ4n) is 1.32. The number of halogens is 1. The van der Waals surface area contributed by atoms with Gasteiger partial charge in [-0.3, -0.25) is 4.79 Å². The molecule has 4 heteroatoms. The van der Waals surface area contributed by atoms with E-state index in [-0.39, 0.29) is 18.3 Å². The summed E-state index contributed by atoms with van der Waals surface area (Å²) < 4.78 is 12.9. The number of nitrogens with zero attached hydrogens (tertiary/aromatic N) is 2. The van der Waals surface area contributed by atoms with Crippen LogP contribution in [0, 0.1) is 16.7 Å². The van der Waals surface area contributed by atoms with Crippen molar-refractivity contribution in [2.75, 3.05) is 13.1 Å². The van der Waals surface area contributed by atoms with E-state index in [1.165, 1.54) is 11.0 Å². The second-order valence-corrected chi connectivity index (χ2v) is 3.90. The van der Waals surface area contributed by atoms with Crippen LogP contribution in [0.25, 0.3) is 0 Å². The summed E-state index contributed by atoms with van der Waals surface area (Å²) in [5.74, 6) is -0.596. The van der Waals surface area contributed by atoms with Crippen LogP contribution in [0.5, 0.6) is 0 Å². The lowest BCUT2D eigenvalue weighted by atomic mass is 9.93. The molecule has 0 atom stereocenters. The zero-order valence-electron chi connectivity index (χ0n) is 8.38. The molecule has 0 radical (unpaired) electrons. The molecule has 1 heterocycles. The van der Waals surface area contributed by atoms with Crippen molar-refractivity contribution in [3.63, 3.8) is 0 Å². The zero-order chi connectivity index (χ0) is 10.8. The number of amides is 1. The average Bonchev–Trinajstić information content (AvgIpc) is 2.16. The Hall–Kier alpha value is -1.37. The van der Waals surface area contributed by atoms with E-state index >= 15 is 0 Å². The van der Waals surface area contributed by atoms with Gasteiger partial charge in [-0.15, -0.1) is 0 Å². The maximum atomic E-state index is 12.9. The van der Waals surface area contributed by atoms with Gasteiger partial charge in [0.15, 0.2) is 0 Å². The molecule has 0 fully saturated rings. The average molecular weight is 196 g/mol. The second kappa shape index (κ2) is 3.79. The normalized spacial score (nSPS) is 17.3. The summed E-state index contributed by atoms with van der Waals surface area (Å²) in [4.78, 5) is 13.1. The molecule has 1 aliphatic heterocycles. The van der Waals surface area contributed by atoms with Crippen LogP contribution in [0.3, 0.4) is 0 Å². The Balaban J connectivity index is 2.73. The van der Waals surface area contributed by atoms with Gasteiger partial charge in [0.25, 0.3) is 0 Å². The minimum absolute atomic E-state index is 0.00391. The van der Waals surface area contributed by atoms with Crippen LogP contribution >= 0.6 is 0 Å². The number of carbonyl (C=O) groups excluding carboxylic acids is 1. The van der Waals surface area contributed by atoms with Crippen molar-refractivity contribution in [2.45, 2.75) is 20.3 Å². The number of hydrogen-bond donors (Lipinski definition) is 0. The Kier molecular flexibility index (Phi) is 2.90. The predicted molar refractivity (Wildman–Crippen MR) is 49.8 cm³/mol. The highest BCUT2D eigenvalue weighted by atomic mass is 19.1. The van der Waals surface area contributed by atoms with Gasteiger partial charge in [-0.05, 0) is 26.3 Å². The fraction of sp³-hybridized carbons (Fsp3) is 0.600. The molecular formula is C10H13FN2O. The second-order valence-electron chi connectivity index (χ2n) is 3.90. The lowest BCUT2D eigenvalue weighted by Crippen LogP contribution is -2.42. The number of hydrogen-bond acceptors (Lipinski definition) is 2. The van der Waals surface area contributed by atoms with Crippen molar-refractivity contribution in [1.29, 1.82) is 5.26 Å². The van der Waals surface area contributed by atoms with E-state index in [1.807, 2.05) is 6.07 Å². The van der Waals surface area contributed by atoms with Gasteiger partial charge in [-0.1, -0.05) is 0 Å². The minimum atomic E-state index is -1.06. The first-order chi connectivity index (χ1) is 6.47. The Bertz CT molecular complexity index is 315. The third-order valence-corrected chi connectivity index (χ3v) is 2.21. The molecule has 14 heavy (non-hydrogen) atoms. The van der Waals surface area contributed by atoms with Gasteiger partial charge in [0.1, 0.15) is 11.2 Å². The highest BCUT2D eigenvalue weighted by Crippen LogP contribution is 2.20. The smallest absolute Gasteiger partial charge is 0.242 e. The highest BCUT2D eigenvalue weighted by Gasteiger charge is 2.32. The highest BCUT2D eigenvalue weighted by molar-refractivity contribution is 5.84. The summed E-state index contributed by atoms with van der Waals surface area (Å²) in [5.41, 5.74) is -1.06. The van der Waals surface area contributed by atoms with Gasteiger partial charge in [0.2, 0.25) is 5.91 Å². The lowest BCUT2D eigenvalue weighted by Gasteiger charge is -2.29. The number of nitriles is 1. The van der Waals surface area contributed by atoms with E-state index in [0.717, 1.165) is 0 Å². The first-order valence-corrected chi connectivity index (χ1v) is 4.52. The van der Waals surface area contributed by atoms with Gasteiger partial charge in [0.05, 0.1) is 12.6 Å².